The predicted octanol–water partition coefficient (Wildman–Crippen LogP) is 1.55. The van der Waals surface area contributed by atoms with E-state index >= 15 is 0 Å². The lowest BCUT2D eigenvalue weighted by molar-refractivity contribution is -0.126. The lowest BCUT2D eigenvalue weighted by atomic mass is 9.98. The summed E-state index contributed by atoms with van der Waals surface area (Å²) in [4.78, 5) is 23.0. The summed E-state index contributed by atoms with van der Waals surface area (Å²) in [6.07, 6.45) is 1.62. The SMILES string of the molecule is CC(C)C[C@H](C)C(=O)NCC1CO1.CNCC(O)CNC(=O)[C@@H](C)CC(C)C. The Bertz CT molecular complexity index is 439. The number of hydrogen-bond acceptors (Lipinski definition) is 5. The molecule has 1 heterocycles. The third kappa shape index (κ3) is 14.8. The van der Waals surface area contributed by atoms with Crippen LogP contribution in [-0.4, -0.2) is 62.4 Å². The van der Waals surface area contributed by atoms with Crippen LogP contribution in [0.2, 0.25) is 0 Å². The third-order valence-corrected chi connectivity index (χ3v) is 4.40. The van der Waals surface area contributed by atoms with Gasteiger partial charge in [-0.2, -0.15) is 0 Å². The molecule has 0 bridgehead atoms. The molecule has 2 amide bonds. The maximum absolute atomic E-state index is 11.5. The standard InChI is InChI=1S/C11H24N2O2.C10H19NO2/c1-8(2)5-9(3)11(15)13-7-10(14)6-12-4;1-7(2)4-8(3)10(12)11-5-9-6-13-9/h8-10,12,14H,5-7H2,1-4H3,(H,13,15);7-9H,4-6H2,1-3H3,(H,11,12)/t9-,10?;8-,9?/m00/s1. The summed E-state index contributed by atoms with van der Waals surface area (Å²) in [6, 6.07) is 0. The number of carbonyl (C=O) groups is 2. The number of hydrogen-bond donors (Lipinski definition) is 4. The first-order valence-electron chi connectivity index (χ1n) is 10.6. The number of aliphatic hydroxyl groups excluding tert-OH is 1. The maximum Gasteiger partial charge on any atom is 0.222 e. The van der Waals surface area contributed by atoms with Crippen molar-refractivity contribution >= 4 is 11.8 Å². The fourth-order valence-electron chi connectivity index (χ4n) is 2.90. The lowest BCUT2D eigenvalue weighted by Crippen LogP contribution is -2.39. The van der Waals surface area contributed by atoms with E-state index in [2.05, 4.69) is 43.6 Å². The molecule has 1 fully saturated rings. The van der Waals surface area contributed by atoms with Gasteiger partial charge in [-0.15, -0.1) is 0 Å². The monoisotopic (exact) mass is 401 g/mol. The highest BCUT2D eigenvalue weighted by molar-refractivity contribution is 5.78. The van der Waals surface area contributed by atoms with Gasteiger partial charge in [0.25, 0.3) is 0 Å². The number of carbonyl (C=O) groups excluding carboxylic acids is 2. The highest BCUT2D eigenvalue weighted by Gasteiger charge is 2.24. The molecule has 166 valence electrons. The van der Waals surface area contributed by atoms with Gasteiger partial charge >= 0.3 is 0 Å². The molecule has 4 atom stereocenters. The van der Waals surface area contributed by atoms with E-state index in [1.807, 2.05) is 13.8 Å². The Morgan fingerprint density at radius 1 is 0.929 bits per heavy atom. The summed E-state index contributed by atoms with van der Waals surface area (Å²) in [5.74, 6) is 1.43. The maximum atomic E-state index is 11.5. The second kappa shape index (κ2) is 14.8. The number of amides is 2. The molecule has 0 aromatic carbocycles. The van der Waals surface area contributed by atoms with Crippen LogP contribution in [0, 0.1) is 23.7 Å². The zero-order valence-electron chi connectivity index (χ0n) is 18.9. The lowest BCUT2D eigenvalue weighted by Gasteiger charge is -2.16. The summed E-state index contributed by atoms with van der Waals surface area (Å²) in [7, 11) is 1.77. The molecule has 0 aromatic rings. The average Bonchev–Trinajstić information content (AvgIpc) is 3.41. The summed E-state index contributed by atoms with van der Waals surface area (Å²) in [5.41, 5.74) is 0. The Labute approximate surface area is 171 Å². The third-order valence-electron chi connectivity index (χ3n) is 4.40. The molecule has 0 aromatic heterocycles. The van der Waals surface area contributed by atoms with Crippen molar-refractivity contribution in [2.24, 2.45) is 23.7 Å². The topological polar surface area (TPSA) is 103 Å². The van der Waals surface area contributed by atoms with Gasteiger partial charge in [-0.25, -0.2) is 0 Å². The largest absolute Gasteiger partial charge is 0.390 e. The first-order chi connectivity index (χ1) is 13.1. The van der Waals surface area contributed by atoms with E-state index in [0.29, 0.717) is 31.5 Å². The minimum atomic E-state index is -0.509. The van der Waals surface area contributed by atoms with Gasteiger partial charge in [-0.05, 0) is 31.7 Å². The molecule has 28 heavy (non-hydrogen) atoms. The van der Waals surface area contributed by atoms with E-state index in [1.54, 1.807) is 7.05 Å². The highest BCUT2D eigenvalue weighted by atomic mass is 16.6. The van der Waals surface area contributed by atoms with Crippen molar-refractivity contribution in [2.45, 2.75) is 66.6 Å². The molecule has 0 saturated carbocycles. The van der Waals surface area contributed by atoms with Gasteiger partial charge in [0, 0.05) is 31.5 Å². The molecule has 0 spiro atoms. The molecule has 1 aliphatic heterocycles. The minimum absolute atomic E-state index is 0.0202. The smallest absolute Gasteiger partial charge is 0.222 e. The van der Waals surface area contributed by atoms with E-state index in [4.69, 9.17) is 4.74 Å². The Balaban J connectivity index is 0.000000525. The molecule has 1 aliphatic rings. The van der Waals surface area contributed by atoms with Crippen LogP contribution in [0.4, 0.5) is 0 Å². The number of rotatable bonds is 12. The van der Waals surface area contributed by atoms with Crippen LogP contribution < -0.4 is 16.0 Å². The van der Waals surface area contributed by atoms with Crippen molar-refractivity contribution in [1.82, 2.24) is 16.0 Å². The normalized spacial score (nSPS) is 18.7. The van der Waals surface area contributed by atoms with Gasteiger partial charge in [0.1, 0.15) is 0 Å². The van der Waals surface area contributed by atoms with Crippen molar-refractivity contribution < 1.29 is 19.4 Å². The van der Waals surface area contributed by atoms with Gasteiger partial charge in [-0.1, -0.05) is 41.5 Å². The molecule has 1 rings (SSSR count). The molecule has 7 nitrogen and oxygen atoms in total. The van der Waals surface area contributed by atoms with Crippen LogP contribution in [0.3, 0.4) is 0 Å². The number of aliphatic hydroxyl groups is 1. The van der Waals surface area contributed by atoms with Gasteiger partial charge in [0.05, 0.1) is 18.8 Å². The molecular formula is C21H43N3O4. The van der Waals surface area contributed by atoms with Gasteiger partial charge in [0.15, 0.2) is 0 Å². The molecule has 0 radical (unpaired) electrons. The first kappa shape index (κ1) is 26.8. The van der Waals surface area contributed by atoms with Crippen LogP contribution in [0.15, 0.2) is 0 Å². The van der Waals surface area contributed by atoms with Gasteiger partial charge in [0.2, 0.25) is 11.8 Å². The van der Waals surface area contributed by atoms with E-state index in [9.17, 15) is 14.7 Å². The second-order valence-corrected chi connectivity index (χ2v) is 8.72. The summed E-state index contributed by atoms with van der Waals surface area (Å²) in [6.45, 7) is 14.7. The zero-order chi connectivity index (χ0) is 21.7. The van der Waals surface area contributed by atoms with Crippen LogP contribution in [0.5, 0.6) is 0 Å². The Kier molecular flexibility index (Phi) is 14.1. The summed E-state index contributed by atoms with van der Waals surface area (Å²) >= 11 is 0. The van der Waals surface area contributed by atoms with Crippen LogP contribution >= 0.6 is 0 Å². The van der Waals surface area contributed by atoms with Gasteiger partial charge in [-0.3, -0.25) is 9.59 Å². The molecule has 4 N–H and O–H groups in total. The molecule has 0 aliphatic carbocycles. The van der Waals surface area contributed by atoms with E-state index in [0.717, 1.165) is 19.4 Å². The van der Waals surface area contributed by atoms with E-state index < -0.39 is 6.10 Å². The zero-order valence-corrected chi connectivity index (χ0v) is 18.9. The number of epoxide rings is 1. The predicted molar refractivity (Wildman–Crippen MR) is 113 cm³/mol. The van der Waals surface area contributed by atoms with E-state index in [1.165, 1.54) is 0 Å². The van der Waals surface area contributed by atoms with Crippen LogP contribution in [-0.2, 0) is 14.3 Å². The molecule has 1 saturated heterocycles. The Hall–Kier alpha value is -1.18. The van der Waals surface area contributed by atoms with Crippen molar-refractivity contribution in [2.75, 3.05) is 33.3 Å². The number of likely N-dealkylation sites (N-methyl/N-ethyl adjacent to an activating group) is 1. The van der Waals surface area contributed by atoms with Crippen LogP contribution in [0.25, 0.3) is 0 Å². The fraction of sp³-hybridized carbons (Fsp3) is 0.905. The van der Waals surface area contributed by atoms with Crippen molar-refractivity contribution in [3.8, 4) is 0 Å². The highest BCUT2D eigenvalue weighted by Crippen LogP contribution is 2.12. The van der Waals surface area contributed by atoms with Crippen molar-refractivity contribution in [3.05, 3.63) is 0 Å². The number of ether oxygens (including phenoxy) is 1. The average molecular weight is 402 g/mol. The van der Waals surface area contributed by atoms with Crippen molar-refractivity contribution in [3.63, 3.8) is 0 Å². The summed E-state index contributed by atoms with van der Waals surface area (Å²) < 4.78 is 5.01. The summed E-state index contributed by atoms with van der Waals surface area (Å²) in [5, 5.41) is 17.9. The first-order valence-corrected chi connectivity index (χ1v) is 10.6. The fourth-order valence-corrected chi connectivity index (χ4v) is 2.90. The molecular weight excluding hydrogens is 358 g/mol. The quantitative estimate of drug-likeness (QED) is 0.372. The van der Waals surface area contributed by atoms with E-state index in [-0.39, 0.29) is 29.8 Å². The number of nitrogens with one attached hydrogen (secondary N) is 3. The molecule has 7 heteroatoms. The minimum Gasteiger partial charge on any atom is -0.390 e. The Morgan fingerprint density at radius 2 is 1.39 bits per heavy atom. The Morgan fingerprint density at radius 3 is 1.79 bits per heavy atom. The second-order valence-electron chi connectivity index (χ2n) is 8.72. The van der Waals surface area contributed by atoms with Crippen LogP contribution in [0.1, 0.15) is 54.4 Å². The van der Waals surface area contributed by atoms with Crippen molar-refractivity contribution in [1.29, 1.82) is 0 Å². The molecule has 2 unspecified atom stereocenters. The van der Waals surface area contributed by atoms with Gasteiger partial charge < -0.3 is 25.8 Å².